The Morgan fingerprint density at radius 1 is 0.950 bits per heavy atom. The Hall–Kier alpha value is -0.520. The Morgan fingerprint density at radius 3 is 2.40 bits per heavy atom. The van der Waals surface area contributed by atoms with Gasteiger partial charge >= 0.3 is 0 Å². The lowest BCUT2D eigenvalue weighted by molar-refractivity contribution is 0.284. The predicted molar refractivity (Wildman–Crippen MR) is 89.7 cm³/mol. The summed E-state index contributed by atoms with van der Waals surface area (Å²) in [6.45, 7) is 9.71. The van der Waals surface area contributed by atoms with Gasteiger partial charge in [-0.3, -0.25) is 0 Å². The van der Waals surface area contributed by atoms with E-state index in [1.807, 2.05) is 0 Å². The third-order valence-electron chi connectivity index (χ3n) is 5.62. The molecule has 0 N–H and O–H groups in total. The van der Waals surface area contributed by atoms with Crippen LogP contribution in [-0.4, -0.2) is 0 Å². The Labute approximate surface area is 126 Å². The van der Waals surface area contributed by atoms with Gasteiger partial charge in [0.25, 0.3) is 0 Å². The SMILES string of the molecule is CC(C)C1CC(C(C)C)C2CCCCCCC=CC=C12. The summed E-state index contributed by atoms with van der Waals surface area (Å²) in [6, 6.07) is 0. The van der Waals surface area contributed by atoms with Crippen molar-refractivity contribution < 1.29 is 0 Å². The van der Waals surface area contributed by atoms with Crippen molar-refractivity contribution in [3.05, 3.63) is 23.8 Å². The minimum Gasteiger partial charge on any atom is -0.0845 e. The van der Waals surface area contributed by atoms with Crippen molar-refractivity contribution in [3.8, 4) is 0 Å². The van der Waals surface area contributed by atoms with Crippen molar-refractivity contribution >= 4 is 0 Å². The van der Waals surface area contributed by atoms with Gasteiger partial charge < -0.3 is 0 Å². The van der Waals surface area contributed by atoms with E-state index < -0.39 is 0 Å². The fraction of sp³-hybridized carbons (Fsp3) is 0.800. The van der Waals surface area contributed by atoms with Gasteiger partial charge in [0.2, 0.25) is 0 Å². The van der Waals surface area contributed by atoms with Crippen LogP contribution in [0.5, 0.6) is 0 Å². The molecule has 0 heteroatoms. The van der Waals surface area contributed by atoms with E-state index in [1.54, 1.807) is 5.57 Å². The van der Waals surface area contributed by atoms with Gasteiger partial charge in [-0.25, -0.2) is 0 Å². The topological polar surface area (TPSA) is 0 Å². The average Bonchev–Trinajstić information content (AvgIpc) is 2.73. The van der Waals surface area contributed by atoms with Crippen LogP contribution in [0.15, 0.2) is 23.8 Å². The monoisotopic (exact) mass is 274 g/mol. The Balaban J connectivity index is 2.24. The molecule has 0 aliphatic heterocycles. The van der Waals surface area contributed by atoms with Crippen molar-refractivity contribution in [2.24, 2.45) is 29.6 Å². The van der Waals surface area contributed by atoms with E-state index in [9.17, 15) is 0 Å². The minimum absolute atomic E-state index is 0.797. The molecule has 2 rings (SSSR count). The van der Waals surface area contributed by atoms with Crippen LogP contribution in [0.2, 0.25) is 0 Å². The first-order valence-corrected chi connectivity index (χ1v) is 8.98. The molecule has 1 fully saturated rings. The van der Waals surface area contributed by atoms with Crippen LogP contribution in [0.3, 0.4) is 0 Å². The largest absolute Gasteiger partial charge is 0.0845 e. The molecule has 0 aromatic heterocycles. The van der Waals surface area contributed by atoms with E-state index in [4.69, 9.17) is 0 Å². The lowest BCUT2D eigenvalue weighted by Gasteiger charge is -2.24. The molecule has 0 saturated heterocycles. The summed E-state index contributed by atoms with van der Waals surface area (Å²) in [5.41, 5.74) is 1.79. The van der Waals surface area contributed by atoms with E-state index >= 15 is 0 Å². The van der Waals surface area contributed by atoms with Crippen molar-refractivity contribution in [3.63, 3.8) is 0 Å². The maximum absolute atomic E-state index is 2.50. The van der Waals surface area contributed by atoms with Crippen LogP contribution in [0, 0.1) is 29.6 Å². The molecular formula is C20H34. The van der Waals surface area contributed by atoms with Gasteiger partial charge in [0.15, 0.2) is 0 Å². The average molecular weight is 274 g/mol. The fourth-order valence-corrected chi connectivity index (χ4v) is 4.39. The van der Waals surface area contributed by atoms with Gasteiger partial charge in [-0.2, -0.15) is 0 Å². The van der Waals surface area contributed by atoms with Gasteiger partial charge in [0.1, 0.15) is 0 Å². The maximum atomic E-state index is 2.50. The normalized spacial score (nSPS) is 32.1. The highest BCUT2D eigenvalue weighted by molar-refractivity contribution is 5.24. The fourth-order valence-electron chi connectivity index (χ4n) is 4.39. The lowest BCUT2D eigenvalue weighted by atomic mass is 9.81. The lowest BCUT2D eigenvalue weighted by Crippen LogP contribution is -2.15. The maximum Gasteiger partial charge on any atom is -0.0166 e. The van der Waals surface area contributed by atoms with Crippen LogP contribution in [0.1, 0.15) is 72.6 Å². The van der Waals surface area contributed by atoms with Crippen LogP contribution in [0.4, 0.5) is 0 Å². The number of rotatable bonds is 2. The molecule has 2 aliphatic carbocycles. The van der Waals surface area contributed by atoms with Crippen molar-refractivity contribution in [2.75, 3.05) is 0 Å². The van der Waals surface area contributed by atoms with Crippen molar-refractivity contribution in [1.29, 1.82) is 0 Å². The first-order valence-electron chi connectivity index (χ1n) is 8.98. The van der Waals surface area contributed by atoms with Gasteiger partial charge in [-0.05, 0) is 55.3 Å². The van der Waals surface area contributed by atoms with Crippen LogP contribution >= 0.6 is 0 Å². The van der Waals surface area contributed by atoms with E-state index in [0.717, 1.165) is 29.6 Å². The summed E-state index contributed by atoms with van der Waals surface area (Å²) in [6.07, 6.45) is 17.1. The number of fused-ring (bicyclic) bond motifs is 1. The smallest absolute Gasteiger partial charge is 0.0166 e. The summed E-state index contributed by atoms with van der Waals surface area (Å²) in [5, 5.41) is 0. The molecule has 3 atom stereocenters. The standard InChI is InChI=1S/C20H34/c1-15(2)19-14-20(16(3)4)18-13-11-9-7-5-6-8-10-12-17(18)19/h8,10,12,15-16,18-20H,5-7,9,11,13-14H2,1-4H3. The van der Waals surface area contributed by atoms with E-state index in [2.05, 4.69) is 45.9 Å². The number of allylic oxidation sites excluding steroid dienone is 4. The summed E-state index contributed by atoms with van der Waals surface area (Å²) < 4.78 is 0. The molecule has 0 aromatic rings. The minimum atomic E-state index is 0.797. The zero-order chi connectivity index (χ0) is 14.5. The molecule has 0 amide bonds. The van der Waals surface area contributed by atoms with Gasteiger partial charge in [-0.1, -0.05) is 70.8 Å². The Morgan fingerprint density at radius 2 is 1.70 bits per heavy atom. The molecule has 20 heavy (non-hydrogen) atoms. The summed E-state index contributed by atoms with van der Waals surface area (Å²) >= 11 is 0. The van der Waals surface area contributed by atoms with Gasteiger partial charge in [-0.15, -0.1) is 0 Å². The van der Waals surface area contributed by atoms with Gasteiger partial charge in [0.05, 0.1) is 0 Å². The van der Waals surface area contributed by atoms with E-state index in [-0.39, 0.29) is 0 Å². The highest BCUT2D eigenvalue weighted by Gasteiger charge is 2.40. The second-order valence-electron chi connectivity index (χ2n) is 7.69. The number of hydrogen-bond acceptors (Lipinski definition) is 0. The second-order valence-corrected chi connectivity index (χ2v) is 7.69. The van der Waals surface area contributed by atoms with Crippen LogP contribution in [-0.2, 0) is 0 Å². The summed E-state index contributed by atoms with van der Waals surface area (Å²) in [7, 11) is 0. The first-order chi connectivity index (χ1) is 9.61. The molecule has 0 radical (unpaired) electrons. The number of hydrogen-bond donors (Lipinski definition) is 0. The molecule has 0 heterocycles. The van der Waals surface area contributed by atoms with Crippen molar-refractivity contribution in [2.45, 2.75) is 72.6 Å². The van der Waals surface area contributed by atoms with E-state index in [1.165, 1.54) is 44.9 Å². The third-order valence-corrected chi connectivity index (χ3v) is 5.62. The highest BCUT2D eigenvalue weighted by Crippen LogP contribution is 2.49. The van der Waals surface area contributed by atoms with Gasteiger partial charge in [0, 0.05) is 0 Å². The molecule has 0 nitrogen and oxygen atoms in total. The zero-order valence-electron chi connectivity index (χ0n) is 14.1. The third kappa shape index (κ3) is 3.77. The quantitative estimate of drug-likeness (QED) is 0.547. The summed E-state index contributed by atoms with van der Waals surface area (Å²) in [5.74, 6) is 4.25. The molecule has 2 aliphatic rings. The molecule has 0 aromatic carbocycles. The Kier molecular flexibility index (Phi) is 5.93. The first kappa shape index (κ1) is 15.9. The molecular weight excluding hydrogens is 240 g/mol. The zero-order valence-corrected chi connectivity index (χ0v) is 14.1. The van der Waals surface area contributed by atoms with Crippen LogP contribution in [0.25, 0.3) is 0 Å². The molecule has 114 valence electrons. The van der Waals surface area contributed by atoms with Crippen molar-refractivity contribution in [1.82, 2.24) is 0 Å². The molecule has 1 saturated carbocycles. The Bertz CT molecular complexity index is 345. The summed E-state index contributed by atoms with van der Waals surface area (Å²) in [4.78, 5) is 0. The van der Waals surface area contributed by atoms with E-state index in [0.29, 0.717) is 0 Å². The molecule has 0 bridgehead atoms. The molecule has 3 unspecified atom stereocenters. The molecule has 0 spiro atoms. The predicted octanol–water partition coefficient (Wildman–Crippen LogP) is 6.39. The second kappa shape index (κ2) is 7.48. The highest BCUT2D eigenvalue weighted by atomic mass is 14.4. The van der Waals surface area contributed by atoms with Crippen LogP contribution < -0.4 is 0 Å².